The Morgan fingerprint density at radius 1 is 1.17 bits per heavy atom. The number of nitrogens with one attached hydrogen (secondary N) is 2. The number of benzene rings is 1. The number of cyclic esters (lactones) is 1. The van der Waals surface area contributed by atoms with Crippen LogP contribution in [-0.4, -0.2) is 63.0 Å². The molecule has 0 radical (unpaired) electrons. The lowest BCUT2D eigenvalue weighted by Gasteiger charge is -2.31. The van der Waals surface area contributed by atoms with Crippen molar-refractivity contribution in [2.45, 2.75) is 116 Å². The number of ketones is 1. The molecule has 4 heterocycles. The first kappa shape index (κ1) is 37.2. The van der Waals surface area contributed by atoms with Gasteiger partial charge >= 0.3 is 5.97 Å². The number of unbranched alkanes of at least 4 members (excludes halogenated alkanes) is 1. The van der Waals surface area contributed by atoms with Crippen LogP contribution in [0.1, 0.15) is 106 Å². The van der Waals surface area contributed by atoms with E-state index in [1.165, 1.54) is 10.6 Å². The van der Waals surface area contributed by atoms with Crippen LogP contribution in [0.2, 0.25) is 0 Å². The summed E-state index contributed by atoms with van der Waals surface area (Å²) in [4.78, 5) is 70.2. The van der Waals surface area contributed by atoms with E-state index >= 15 is 4.39 Å². The summed E-state index contributed by atoms with van der Waals surface area (Å²) in [6, 6.07) is 1.30. The summed E-state index contributed by atoms with van der Waals surface area (Å²) in [5.74, 6) is -2.19. The van der Waals surface area contributed by atoms with Crippen molar-refractivity contribution in [3.63, 3.8) is 0 Å². The highest BCUT2D eigenvalue weighted by Gasteiger charge is 2.46. The molecule has 14 heteroatoms. The number of pyridine rings is 2. The maximum absolute atomic E-state index is 15.3. The number of fused-ring (bicyclic) bond motifs is 5. The van der Waals surface area contributed by atoms with Gasteiger partial charge < -0.3 is 35.5 Å². The average molecular weight is 720 g/mol. The molecule has 1 aliphatic carbocycles. The quantitative estimate of drug-likeness (QED) is 0.125. The second-order valence-corrected chi connectivity index (χ2v) is 14.9. The zero-order valence-corrected chi connectivity index (χ0v) is 30.2. The molecule has 278 valence electrons. The third-order valence-corrected chi connectivity index (χ3v) is 10.4. The van der Waals surface area contributed by atoms with E-state index in [0.717, 1.165) is 5.56 Å². The third kappa shape index (κ3) is 6.74. The van der Waals surface area contributed by atoms with Crippen LogP contribution in [0.3, 0.4) is 0 Å². The number of hydrogen-bond acceptors (Lipinski definition) is 10. The summed E-state index contributed by atoms with van der Waals surface area (Å²) in [6.07, 6.45) is 2.17. The van der Waals surface area contributed by atoms with Crippen molar-refractivity contribution in [2.75, 3.05) is 13.2 Å². The largest absolute Gasteiger partial charge is 0.458 e. The molecule has 0 fully saturated rings. The number of rotatable bonds is 12. The molecule has 13 nitrogen and oxygen atoms in total. The van der Waals surface area contributed by atoms with Crippen molar-refractivity contribution in [3.05, 3.63) is 61.7 Å². The Morgan fingerprint density at radius 2 is 1.90 bits per heavy atom. The predicted molar refractivity (Wildman–Crippen MR) is 189 cm³/mol. The van der Waals surface area contributed by atoms with E-state index in [4.69, 9.17) is 20.2 Å². The van der Waals surface area contributed by atoms with Gasteiger partial charge in [-0.2, -0.15) is 0 Å². The van der Waals surface area contributed by atoms with Gasteiger partial charge in [-0.25, -0.2) is 14.2 Å². The molecule has 0 saturated heterocycles. The number of esters is 1. The first-order chi connectivity index (χ1) is 24.6. The highest BCUT2D eigenvalue weighted by Crippen LogP contribution is 2.46. The number of ether oxygens (including phenoxy) is 2. The van der Waals surface area contributed by atoms with Gasteiger partial charge in [-0.3, -0.25) is 19.2 Å². The highest BCUT2D eigenvalue weighted by molar-refractivity contribution is 5.94. The maximum Gasteiger partial charge on any atom is 0.343 e. The highest BCUT2D eigenvalue weighted by atomic mass is 19.1. The minimum Gasteiger partial charge on any atom is -0.458 e. The zero-order valence-electron chi connectivity index (χ0n) is 30.2. The molecular weight excluding hydrogens is 673 g/mol. The fraction of sp³-hybridized carbons (Fsp3) is 0.526. The van der Waals surface area contributed by atoms with E-state index in [1.807, 2.05) is 20.8 Å². The van der Waals surface area contributed by atoms with E-state index in [9.17, 15) is 29.1 Å². The number of nitrogens with zero attached hydrogens (tertiary/aromatic N) is 2. The number of aryl methyl sites for hydroxylation is 1. The number of hydrogen-bond donors (Lipinski definition) is 4. The summed E-state index contributed by atoms with van der Waals surface area (Å²) in [5, 5.41) is 18.0. The van der Waals surface area contributed by atoms with E-state index < -0.39 is 46.5 Å². The Hall–Kier alpha value is -4.53. The monoisotopic (exact) mass is 719 g/mol. The second kappa shape index (κ2) is 14.1. The van der Waals surface area contributed by atoms with Gasteiger partial charge in [0, 0.05) is 35.4 Å². The molecule has 2 aromatic heterocycles. The molecule has 0 unspecified atom stereocenters. The number of halogens is 1. The van der Waals surface area contributed by atoms with Crippen LogP contribution in [-0.2, 0) is 53.8 Å². The van der Waals surface area contributed by atoms with Gasteiger partial charge in [-0.05, 0) is 82.6 Å². The average Bonchev–Trinajstić information content (AvgIpc) is 3.47. The number of nitrogens with two attached hydrogens (primary N) is 1. The lowest BCUT2D eigenvalue weighted by atomic mass is 9.81. The smallest absolute Gasteiger partial charge is 0.343 e. The Bertz CT molecular complexity index is 2050. The minimum atomic E-state index is -2.01. The molecule has 3 aromatic rings. The summed E-state index contributed by atoms with van der Waals surface area (Å²) >= 11 is 0. The standard InChI is InChI=1S/C38H46FN5O8/c1-6-38(50)24-13-29-33-22(16-44(29)35(48)23(24)17-51-36(38)49)32-26(12-11-21-19(2)25(39)14-27(42-33)31(21)32)43-34(47)28(18-52-37(3,4)5)41-30(46)10-8-7-9-20(45)15-40/h13-14,26,28,50H,6-12,15-18,40H2,1-5H3,(H,41,46)(H,43,47)/t26-,28-,38-/m0/s1. The van der Waals surface area contributed by atoms with Crippen molar-refractivity contribution < 1.29 is 38.1 Å². The van der Waals surface area contributed by atoms with Crippen molar-refractivity contribution in [1.29, 1.82) is 0 Å². The van der Waals surface area contributed by atoms with Gasteiger partial charge in [0.25, 0.3) is 5.56 Å². The Morgan fingerprint density at radius 3 is 2.60 bits per heavy atom. The number of carbonyl (C=O) groups is 4. The molecule has 0 saturated carbocycles. The van der Waals surface area contributed by atoms with Gasteiger partial charge in [0.15, 0.2) is 5.60 Å². The SMILES string of the molecule is CC[C@@]1(O)C(=O)OCc2c1cc1n(c2=O)Cc2c-1nc1cc(F)c(C)c3c1c2[C@@H](NC(=O)[C@H](COC(C)(C)C)NC(=O)CCCCC(=O)CN)CC3. The van der Waals surface area contributed by atoms with Gasteiger partial charge in [-0.1, -0.05) is 6.92 Å². The van der Waals surface area contributed by atoms with Crippen LogP contribution in [0, 0.1) is 12.7 Å². The molecule has 1 aromatic carbocycles. The topological polar surface area (TPSA) is 192 Å². The Kier molecular flexibility index (Phi) is 10.1. The summed E-state index contributed by atoms with van der Waals surface area (Å²) in [6.45, 7) is 8.52. The summed E-state index contributed by atoms with van der Waals surface area (Å²) < 4.78 is 28.0. The predicted octanol–water partition coefficient (Wildman–Crippen LogP) is 3.02. The molecule has 2 aliphatic heterocycles. The first-order valence-electron chi connectivity index (χ1n) is 17.8. The number of aliphatic hydroxyl groups is 1. The van der Waals surface area contributed by atoms with Crippen LogP contribution in [0.5, 0.6) is 0 Å². The minimum absolute atomic E-state index is 0.0163. The number of carbonyl (C=O) groups excluding carboxylic acids is 4. The summed E-state index contributed by atoms with van der Waals surface area (Å²) in [5.41, 5.74) is 6.38. The fourth-order valence-electron chi connectivity index (χ4n) is 7.46. The lowest BCUT2D eigenvalue weighted by molar-refractivity contribution is -0.172. The van der Waals surface area contributed by atoms with Gasteiger partial charge in [0.2, 0.25) is 11.8 Å². The van der Waals surface area contributed by atoms with Crippen LogP contribution >= 0.6 is 0 Å². The molecule has 6 rings (SSSR count). The van der Waals surface area contributed by atoms with Gasteiger partial charge in [0.05, 0.1) is 53.8 Å². The normalized spacial score (nSPS) is 19.4. The maximum atomic E-state index is 15.3. The number of aromatic nitrogens is 2. The second-order valence-electron chi connectivity index (χ2n) is 14.9. The molecule has 3 atom stereocenters. The van der Waals surface area contributed by atoms with E-state index in [0.29, 0.717) is 64.7 Å². The molecule has 3 aliphatic rings. The van der Waals surface area contributed by atoms with Crippen LogP contribution in [0.4, 0.5) is 4.39 Å². The zero-order chi connectivity index (χ0) is 37.7. The molecule has 0 spiro atoms. The molecule has 5 N–H and O–H groups in total. The molecular formula is C38H46FN5O8. The first-order valence-corrected chi connectivity index (χ1v) is 17.8. The Labute approximate surface area is 300 Å². The van der Waals surface area contributed by atoms with E-state index in [2.05, 4.69) is 10.6 Å². The van der Waals surface area contributed by atoms with Crippen molar-refractivity contribution in [2.24, 2.45) is 5.73 Å². The molecule has 52 heavy (non-hydrogen) atoms. The Balaban J connectivity index is 1.38. The van der Waals surface area contributed by atoms with Crippen LogP contribution in [0.25, 0.3) is 22.3 Å². The molecule has 2 amide bonds. The van der Waals surface area contributed by atoms with Crippen molar-refractivity contribution >= 4 is 34.5 Å². The summed E-state index contributed by atoms with van der Waals surface area (Å²) in [7, 11) is 0. The van der Waals surface area contributed by atoms with Gasteiger partial charge in [-0.15, -0.1) is 0 Å². The van der Waals surface area contributed by atoms with Crippen molar-refractivity contribution in [1.82, 2.24) is 20.2 Å². The number of amides is 2. The van der Waals surface area contributed by atoms with Crippen molar-refractivity contribution in [3.8, 4) is 11.4 Å². The lowest BCUT2D eigenvalue weighted by Crippen LogP contribution is -2.51. The third-order valence-electron chi connectivity index (χ3n) is 10.4. The van der Waals surface area contributed by atoms with Crippen LogP contribution in [0.15, 0.2) is 16.9 Å². The fourth-order valence-corrected chi connectivity index (χ4v) is 7.46. The van der Waals surface area contributed by atoms with E-state index in [-0.39, 0.29) is 68.4 Å². The van der Waals surface area contributed by atoms with E-state index in [1.54, 1.807) is 19.9 Å². The van der Waals surface area contributed by atoms with Crippen LogP contribution < -0.4 is 21.9 Å². The van der Waals surface area contributed by atoms with Gasteiger partial charge in [0.1, 0.15) is 24.2 Å². The number of Topliss-reactive ketones (excluding diaryl/α,β-unsaturated/α-hetero) is 1. The molecule has 0 bridgehead atoms.